The summed E-state index contributed by atoms with van der Waals surface area (Å²) in [5, 5.41) is 11.0. The number of halogens is 1. The molecular formula is C11H13ClOS. The van der Waals surface area contributed by atoms with Crippen LogP contribution in [0.1, 0.15) is 12.0 Å². The molecule has 1 saturated heterocycles. The van der Waals surface area contributed by atoms with Gasteiger partial charge in [-0.25, -0.2) is 0 Å². The Morgan fingerprint density at radius 2 is 2.21 bits per heavy atom. The van der Waals surface area contributed by atoms with Crippen LogP contribution in [0.25, 0.3) is 0 Å². The van der Waals surface area contributed by atoms with Gasteiger partial charge in [-0.05, 0) is 23.8 Å². The van der Waals surface area contributed by atoms with Gasteiger partial charge in [0.1, 0.15) is 0 Å². The van der Waals surface area contributed by atoms with E-state index in [2.05, 4.69) is 0 Å². The number of aliphatic hydroxyl groups is 1. The zero-order chi connectivity index (χ0) is 10.0. The molecule has 1 aliphatic heterocycles. The molecule has 1 fully saturated rings. The van der Waals surface area contributed by atoms with Crippen molar-refractivity contribution in [2.24, 2.45) is 0 Å². The van der Waals surface area contributed by atoms with E-state index in [1.807, 2.05) is 36.0 Å². The highest BCUT2D eigenvalue weighted by molar-refractivity contribution is 7.99. The molecular weight excluding hydrogens is 216 g/mol. The number of hydrogen-bond donors (Lipinski definition) is 1. The van der Waals surface area contributed by atoms with Crippen molar-refractivity contribution in [1.82, 2.24) is 0 Å². The van der Waals surface area contributed by atoms with Crippen molar-refractivity contribution < 1.29 is 5.11 Å². The molecule has 1 N–H and O–H groups in total. The van der Waals surface area contributed by atoms with Gasteiger partial charge >= 0.3 is 0 Å². The highest BCUT2D eigenvalue weighted by Gasteiger charge is 2.32. The van der Waals surface area contributed by atoms with Crippen LogP contribution in [0, 0.1) is 0 Å². The lowest BCUT2D eigenvalue weighted by Gasteiger charge is -2.21. The van der Waals surface area contributed by atoms with Gasteiger partial charge < -0.3 is 5.11 Å². The van der Waals surface area contributed by atoms with Crippen molar-refractivity contribution in [1.29, 1.82) is 0 Å². The molecule has 1 atom stereocenters. The molecule has 2 rings (SSSR count). The second kappa shape index (κ2) is 4.13. The normalized spacial score (nSPS) is 26.7. The third-order valence-electron chi connectivity index (χ3n) is 2.56. The van der Waals surface area contributed by atoms with E-state index in [-0.39, 0.29) is 0 Å². The Bertz CT molecular complexity index is 321. The van der Waals surface area contributed by atoms with Gasteiger partial charge in [0.05, 0.1) is 5.60 Å². The largest absolute Gasteiger partial charge is 0.389 e. The van der Waals surface area contributed by atoms with Crippen molar-refractivity contribution in [3.05, 3.63) is 34.9 Å². The quantitative estimate of drug-likeness (QED) is 0.840. The fourth-order valence-corrected chi connectivity index (χ4v) is 3.23. The Morgan fingerprint density at radius 1 is 1.43 bits per heavy atom. The van der Waals surface area contributed by atoms with Gasteiger partial charge in [0.15, 0.2) is 0 Å². The molecule has 1 heterocycles. The average molecular weight is 229 g/mol. The van der Waals surface area contributed by atoms with Gasteiger partial charge in [-0.2, -0.15) is 11.8 Å². The molecule has 76 valence electrons. The molecule has 1 unspecified atom stereocenters. The molecule has 1 aliphatic rings. The van der Waals surface area contributed by atoms with Crippen LogP contribution in [0.5, 0.6) is 0 Å². The monoisotopic (exact) mass is 228 g/mol. The lowest BCUT2D eigenvalue weighted by atomic mass is 9.94. The van der Waals surface area contributed by atoms with E-state index in [9.17, 15) is 5.11 Å². The van der Waals surface area contributed by atoms with Crippen LogP contribution < -0.4 is 0 Å². The minimum Gasteiger partial charge on any atom is -0.389 e. The first-order chi connectivity index (χ1) is 6.70. The van der Waals surface area contributed by atoms with Crippen LogP contribution in [0.15, 0.2) is 24.3 Å². The first-order valence-electron chi connectivity index (χ1n) is 4.73. The van der Waals surface area contributed by atoms with E-state index >= 15 is 0 Å². The summed E-state index contributed by atoms with van der Waals surface area (Å²) in [6.45, 7) is 0. The minimum atomic E-state index is -0.532. The van der Waals surface area contributed by atoms with E-state index in [0.717, 1.165) is 28.5 Å². The van der Waals surface area contributed by atoms with Crippen LogP contribution >= 0.6 is 23.4 Å². The van der Waals surface area contributed by atoms with Gasteiger partial charge in [0.2, 0.25) is 0 Å². The number of benzene rings is 1. The van der Waals surface area contributed by atoms with E-state index in [1.165, 1.54) is 0 Å². The summed E-state index contributed by atoms with van der Waals surface area (Å²) in [6.07, 6.45) is 1.56. The first-order valence-corrected chi connectivity index (χ1v) is 6.26. The summed E-state index contributed by atoms with van der Waals surface area (Å²) in [7, 11) is 0. The number of rotatable bonds is 2. The SMILES string of the molecule is OC1(Cc2ccccc2Cl)CCSC1. The maximum Gasteiger partial charge on any atom is 0.0786 e. The summed E-state index contributed by atoms with van der Waals surface area (Å²) in [4.78, 5) is 0. The van der Waals surface area contributed by atoms with E-state index in [4.69, 9.17) is 11.6 Å². The van der Waals surface area contributed by atoms with Crippen molar-refractivity contribution in [3.63, 3.8) is 0 Å². The fourth-order valence-electron chi connectivity index (χ4n) is 1.73. The summed E-state index contributed by atoms with van der Waals surface area (Å²) in [6, 6.07) is 7.75. The van der Waals surface area contributed by atoms with Crippen LogP contribution in [-0.2, 0) is 6.42 Å². The van der Waals surface area contributed by atoms with E-state index < -0.39 is 5.60 Å². The molecule has 1 aromatic carbocycles. The Balaban J connectivity index is 2.14. The second-order valence-corrected chi connectivity index (χ2v) is 5.31. The molecule has 0 saturated carbocycles. The van der Waals surface area contributed by atoms with Gasteiger partial charge in [0.25, 0.3) is 0 Å². The summed E-state index contributed by atoms with van der Waals surface area (Å²) in [5.74, 6) is 1.89. The molecule has 0 aliphatic carbocycles. The lowest BCUT2D eigenvalue weighted by Crippen LogP contribution is -2.30. The van der Waals surface area contributed by atoms with Crippen molar-refractivity contribution >= 4 is 23.4 Å². The molecule has 3 heteroatoms. The molecule has 0 spiro atoms. The molecule has 14 heavy (non-hydrogen) atoms. The Labute approximate surface area is 93.5 Å². The third-order valence-corrected chi connectivity index (χ3v) is 4.16. The van der Waals surface area contributed by atoms with Crippen molar-refractivity contribution in [2.75, 3.05) is 11.5 Å². The number of hydrogen-bond acceptors (Lipinski definition) is 2. The average Bonchev–Trinajstić information content (AvgIpc) is 2.57. The van der Waals surface area contributed by atoms with Crippen molar-refractivity contribution in [2.45, 2.75) is 18.4 Å². The Morgan fingerprint density at radius 3 is 2.86 bits per heavy atom. The van der Waals surface area contributed by atoms with Crippen molar-refractivity contribution in [3.8, 4) is 0 Å². The summed E-state index contributed by atoms with van der Waals surface area (Å²) >= 11 is 7.86. The summed E-state index contributed by atoms with van der Waals surface area (Å²) in [5.41, 5.74) is 0.523. The van der Waals surface area contributed by atoms with Gasteiger partial charge in [0, 0.05) is 17.2 Å². The zero-order valence-corrected chi connectivity index (χ0v) is 9.44. The van der Waals surface area contributed by atoms with Crippen LogP contribution in [0.2, 0.25) is 5.02 Å². The van der Waals surface area contributed by atoms with Gasteiger partial charge in [-0.1, -0.05) is 29.8 Å². The maximum absolute atomic E-state index is 10.2. The standard InChI is InChI=1S/C11H13ClOS/c12-10-4-2-1-3-9(10)7-11(13)5-6-14-8-11/h1-4,13H,5-8H2. The molecule has 0 radical (unpaired) electrons. The predicted molar refractivity (Wildman–Crippen MR) is 62.0 cm³/mol. The molecule has 0 aromatic heterocycles. The smallest absolute Gasteiger partial charge is 0.0786 e. The summed E-state index contributed by atoms with van der Waals surface area (Å²) < 4.78 is 0. The number of thioether (sulfide) groups is 1. The Kier molecular flexibility index (Phi) is 3.05. The van der Waals surface area contributed by atoms with Crippen LogP contribution in [0.3, 0.4) is 0 Å². The zero-order valence-electron chi connectivity index (χ0n) is 7.87. The van der Waals surface area contributed by atoms with Gasteiger partial charge in [-0.3, -0.25) is 0 Å². The molecule has 0 bridgehead atoms. The first kappa shape index (κ1) is 10.3. The topological polar surface area (TPSA) is 20.2 Å². The van der Waals surface area contributed by atoms with Crippen LogP contribution in [0.4, 0.5) is 0 Å². The Hall–Kier alpha value is -0.180. The van der Waals surface area contributed by atoms with E-state index in [1.54, 1.807) is 0 Å². The molecule has 1 nitrogen and oxygen atoms in total. The van der Waals surface area contributed by atoms with E-state index in [0.29, 0.717) is 6.42 Å². The maximum atomic E-state index is 10.2. The lowest BCUT2D eigenvalue weighted by molar-refractivity contribution is 0.0686. The highest BCUT2D eigenvalue weighted by Crippen LogP contribution is 2.32. The van der Waals surface area contributed by atoms with Gasteiger partial charge in [-0.15, -0.1) is 0 Å². The highest BCUT2D eigenvalue weighted by atomic mass is 35.5. The third kappa shape index (κ3) is 2.25. The fraction of sp³-hybridized carbons (Fsp3) is 0.455. The minimum absolute atomic E-state index is 0.532. The predicted octanol–water partition coefficient (Wildman–Crippen LogP) is 2.75. The molecule has 1 aromatic rings. The molecule has 0 amide bonds. The second-order valence-electron chi connectivity index (χ2n) is 3.80. The van der Waals surface area contributed by atoms with Crippen LogP contribution in [-0.4, -0.2) is 22.2 Å².